The highest BCUT2D eigenvalue weighted by Gasteiger charge is 2.56. The monoisotopic (exact) mass is 694 g/mol. The first-order chi connectivity index (χ1) is 24.7. The zero-order chi connectivity index (χ0) is 35.7. The number of hydrogen-bond acceptors (Lipinski definition) is 8. The number of rotatable bonds is 7. The van der Waals surface area contributed by atoms with E-state index < -0.39 is 17.6 Å². The van der Waals surface area contributed by atoms with Gasteiger partial charge in [-0.1, -0.05) is 61.7 Å². The second-order valence-corrected chi connectivity index (χ2v) is 15.1. The Morgan fingerprint density at radius 3 is 2.22 bits per heavy atom. The Morgan fingerprint density at radius 2 is 1.51 bits per heavy atom. The molecule has 51 heavy (non-hydrogen) atoms. The van der Waals surface area contributed by atoms with Crippen molar-refractivity contribution in [3.8, 4) is 23.0 Å². The van der Waals surface area contributed by atoms with Crippen LogP contribution >= 0.6 is 0 Å². The summed E-state index contributed by atoms with van der Waals surface area (Å²) in [7, 11) is 3.12. The molecule has 0 radical (unpaired) electrons. The SMILES string of the molecule is COc1cc2c(cc1O)CC1(C=Cc3ccccc3)C(C2)C(OC(C)=O)CC(OC(=O)C2CCCCC2)CC2c3cc(OC)c(O)cc3CCC21. The average Bonchev–Trinajstić information content (AvgIpc) is 3.13. The van der Waals surface area contributed by atoms with Crippen molar-refractivity contribution < 1.29 is 38.7 Å². The zero-order valence-electron chi connectivity index (χ0n) is 29.9. The Kier molecular flexibility index (Phi) is 10.0. The molecule has 270 valence electrons. The lowest BCUT2D eigenvalue weighted by molar-refractivity contribution is -0.167. The van der Waals surface area contributed by atoms with Crippen LogP contribution in [0.5, 0.6) is 23.0 Å². The lowest BCUT2D eigenvalue weighted by Crippen LogP contribution is -2.54. The van der Waals surface area contributed by atoms with Crippen LogP contribution in [-0.2, 0) is 38.3 Å². The van der Waals surface area contributed by atoms with Crippen LogP contribution in [0.2, 0.25) is 0 Å². The highest BCUT2D eigenvalue weighted by atomic mass is 16.6. The molecule has 8 heteroatoms. The molecule has 3 aromatic rings. The minimum absolute atomic E-state index is 0.0378. The van der Waals surface area contributed by atoms with Gasteiger partial charge >= 0.3 is 11.9 Å². The molecule has 8 nitrogen and oxygen atoms in total. The van der Waals surface area contributed by atoms with Crippen molar-refractivity contribution in [3.05, 3.63) is 88.5 Å². The van der Waals surface area contributed by atoms with Gasteiger partial charge in [0.25, 0.3) is 0 Å². The van der Waals surface area contributed by atoms with Gasteiger partial charge in [-0.05, 0) is 109 Å². The summed E-state index contributed by atoms with van der Waals surface area (Å²) in [6.45, 7) is 1.46. The summed E-state index contributed by atoms with van der Waals surface area (Å²) in [5, 5.41) is 21.8. The van der Waals surface area contributed by atoms with Crippen LogP contribution in [0.15, 0.2) is 60.7 Å². The Bertz CT molecular complexity index is 1780. The Labute approximate surface area is 300 Å². The molecule has 0 heterocycles. The molecular weight excluding hydrogens is 644 g/mol. The van der Waals surface area contributed by atoms with Crippen LogP contribution in [0.25, 0.3) is 6.08 Å². The summed E-state index contributed by atoms with van der Waals surface area (Å²) in [5.74, 6) is 0.222. The van der Waals surface area contributed by atoms with Gasteiger partial charge in [-0.3, -0.25) is 9.59 Å². The fourth-order valence-corrected chi connectivity index (χ4v) is 9.92. The maximum Gasteiger partial charge on any atom is 0.309 e. The molecule has 0 spiro atoms. The van der Waals surface area contributed by atoms with E-state index in [4.69, 9.17) is 18.9 Å². The number of fused-ring (bicyclic) bond motifs is 6. The maximum absolute atomic E-state index is 13.8. The van der Waals surface area contributed by atoms with Gasteiger partial charge in [-0.15, -0.1) is 0 Å². The van der Waals surface area contributed by atoms with Crippen LogP contribution in [0.3, 0.4) is 0 Å². The first kappa shape index (κ1) is 35.0. The molecule has 0 saturated heterocycles. The van der Waals surface area contributed by atoms with Gasteiger partial charge in [0.05, 0.1) is 20.1 Å². The van der Waals surface area contributed by atoms with Crippen LogP contribution in [0.4, 0.5) is 0 Å². The smallest absolute Gasteiger partial charge is 0.309 e. The van der Waals surface area contributed by atoms with E-state index in [1.54, 1.807) is 14.2 Å². The van der Waals surface area contributed by atoms with E-state index in [1.165, 1.54) is 6.92 Å². The van der Waals surface area contributed by atoms with Crippen molar-refractivity contribution in [2.75, 3.05) is 14.2 Å². The number of phenolic OH excluding ortho intramolecular Hbond substituents is 2. The Morgan fingerprint density at radius 1 is 0.804 bits per heavy atom. The zero-order valence-corrected chi connectivity index (χ0v) is 29.9. The van der Waals surface area contributed by atoms with Gasteiger partial charge in [0, 0.05) is 24.7 Å². The highest BCUT2D eigenvalue weighted by molar-refractivity contribution is 5.72. The van der Waals surface area contributed by atoms with Gasteiger partial charge in [-0.2, -0.15) is 0 Å². The van der Waals surface area contributed by atoms with Crippen LogP contribution in [0.1, 0.15) is 92.0 Å². The summed E-state index contributed by atoms with van der Waals surface area (Å²) < 4.78 is 24.0. The van der Waals surface area contributed by atoms with E-state index >= 15 is 0 Å². The van der Waals surface area contributed by atoms with Crippen LogP contribution in [0, 0.1) is 23.2 Å². The van der Waals surface area contributed by atoms with Gasteiger partial charge < -0.3 is 29.2 Å². The summed E-state index contributed by atoms with van der Waals surface area (Å²) in [6.07, 6.45) is 12.1. The summed E-state index contributed by atoms with van der Waals surface area (Å²) in [4.78, 5) is 26.7. The fourth-order valence-electron chi connectivity index (χ4n) is 9.92. The van der Waals surface area contributed by atoms with E-state index in [2.05, 4.69) is 24.3 Å². The van der Waals surface area contributed by atoms with Crippen LogP contribution < -0.4 is 9.47 Å². The molecule has 0 amide bonds. The number of carbonyl (C=O) groups excluding carboxylic acids is 2. The minimum Gasteiger partial charge on any atom is -0.504 e. The van der Waals surface area contributed by atoms with Crippen molar-refractivity contribution in [2.24, 2.45) is 23.2 Å². The minimum atomic E-state index is -0.531. The second-order valence-electron chi connectivity index (χ2n) is 15.1. The third-order valence-corrected chi connectivity index (χ3v) is 12.3. The van der Waals surface area contributed by atoms with Crippen molar-refractivity contribution in [1.82, 2.24) is 0 Å². The fraction of sp³-hybridized carbons (Fsp3) is 0.488. The van der Waals surface area contributed by atoms with Crippen molar-refractivity contribution >= 4 is 18.0 Å². The quantitative estimate of drug-likeness (QED) is 0.239. The Hall–Kier alpha value is -4.46. The topological polar surface area (TPSA) is 112 Å². The second kappa shape index (κ2) is 14.6. The molecule has 2 N–H and O–H groups in total. The summed E-state index contributed by atoms with van der Waals surface area (Å²) in [5.41, 5.74) is 4.81. The third-order valence-electron chi connectivity index (χ3n) is 12.3. The van der Waals surface area contributed by atoms with E-state index in [1.807, 2.05) is 42.5 Å². The van der Waals surface area contributed by atoms with Crippen LogP contribution in [-0.4, -0.2) is 48.6 Å². The number of allylic oxidation sites excluding steroid dienone is 1. The van der Waals surface area contributed by atoms with Gasteiger partial charge in [-0.25, -0.2) is 0 Å². The van der Waals surface area contributed by atoms with Gasteiger partial charge in [0.2, 0.25) is 0 Å². The predicted octanol–water partition coefficient (Wildman–Crippen LogP) is 8.09. The number of ether oxygens (including phenoxy) is 4. The number of hydrogen-bond donors (Lipinski definition) is 2. The largest absolute Gasteiger partial charge is 0.504 e. The predicted molar refractivity (Wildman–Crippen MR) is 194 cm³/mol. The van der Waals surface area contributed by atoms with Crippen molar-refractivity contribution in [1.29, 1.82) is 0 Å². The maximum atomic E-state index is 13.8. The first-order valence-electron chi connectivity index (χ1n) is 18.6. The van der Waals surface area contributed by atoms with E-state index in [-0.39, 0.29) is 47.1 Å². The number of carbonyl (C=O) groups is 2. The third kappa shape index (κ3) is 6.94. The van der Waals surface area contributed by atoms with Gasteiger partial charge in [0.1, 0.15) is 12.2 Å². The number of methoxy groups -OCH3 is 2. The molecule has 0 aliphatic heterocycles. The van der Waals surface area contributed by atoms with Crippen molar-refractivity contribution in [2.45, 2.75) is 95.7 Å². The van der Waals surface area contributed by atoms with Gasteiger partial charge in [0.15, 0.2) is 23.0 Å². The Balaban J connectivity index is 1.42. The lowest BCUT2D eigenvalue weighted by atomic mass is 9.49. The number of phenols is 2. The molecule has 2 saturated carbocycles. The molecule has 0 bridgehead atoms. The normalized spacial score (nSPS) is 27.5. The molecule has 2 fully saturated rings. The van der Waals surface area contributed by atoms with E-state index in [9.17, 15) is 19.8 Å². The molecule has 3 aromatic carbocycles. The summed E-state index contributed by atoms with van der Waals surface area (Å²) >= 11 is 0. The first-order valence-corrected chi connectivity index (χ1v) is 18.6. The molecule has 4 aliphatic rings. The average molecular weight is 695 g/mol. The van der Waals surface area contributed by atoms with E-state index in [0.717, 1.165) is 72.8 Å². The summed E-state index contributed by atoms with van der Waals surface area (Å²) in [6, 6.07) is 17.8. The molecule has 6 unspecified atom stereocenters. The standard InChI is InChI=1S/C43H50O8/c1-26(44)50-39-23-32(51-42(47)28-12-8-5-9-13-28)22-34-33-24-41(49-3)37(45)19-29(33)14-15-35(34)43(17-16-27-10-6-4-7-11-27)25-31-20-38(46)40(48-2)21-30(31)18-36(39)43/h4,6-7,10-11,16-17,19-21,24,28,32,34-36,39,45-46H,5,8-9,12-15,18,22-23,25H2,1-3H3. The molecular formula is C43H50O8. The lowest BCUT2D eigenvalue weighted by Gasteiger charge is -2.56. The van der Waals surface area contributed by atoms with E-state index in [0.29, 0.717) is 37.2 Å². The van der Waals surface area contributed by atoms with Crippen molar-refractivity contribution in [3.63, 3.8) is 0 Å². The molecule has 4 aliphatic carbocycles. The number of benzene rings is 3. The number of aromatic hydroxyl groups is 2. The highest BCUT2D eigenvalue weighted by Crippen LogP contribution is 2.60. The molecule has 0 aromatic heterocycles. The molecule has 7 rings (SSSR count). The number of esters is 2. The molecule has 6 atom stereocenters. The number of aryl methyl sites for hydroxylation is 1.